The van der Waals surface area contributed by atoms with Crippen molar-refractivity contribution in [2.45, 2.75) is 55.4 Å². The van der Waals surface area contributed by atoms with Crippen molar-refractivity contribution >= 4 is 46.4 Å². The van der Waals surface area contributed by atoms with Gasteiger partial charge in [0.15, 0.2) is 0 Å². The van der Waals surface area contributed by atoms with Crippen molar-refractivity contribution in [2.24, 2.45) is 0 Å². The first kappa shape index (κ1) is 39.0. The predicted octanol–water partition coefficient (Wildman–Crippen LogP) is 10.6. The van der Waals surface area contributed by atoms with Crippen LogP contribution in [0.4, 0.5) is 0 Å². The maximum atomic E-state index is 9.06. The van der Waals surface area contributed by atoms with Crippen molar-refractivity contribution in [3.63, 3.8) is 0 Å². The summed E-state index contributed by atoms with van der Waals surface area (Å²) in [5.74, 6) is 1.11. The van der Waals surface area contributed by atoms with E-state index in [9.17, 15) is 0 Å². The summed E-state index contributed by atoms with van der Waals surface area (Å²) in [6.07, 6.45) is 0. The van der Waals surface area contributed by atoms with Gasteiger partial charge >= 0.3 is 0 Å². The fraction of sp³-hybridized carbons (Fsp3) is 0.250. The van der Waals surface area contributed by atoms with Crippen LogP contribution in [0.5, 0.6) is 23.0 Å². The van der Waals surface area contributed by atoms with E-state index in [1.165, 1.54) is 0 Å². The minimum atomic E-state index is 0. The van der Waals surface area contributed by atoms with Crippen molar-refractivity contribution < 1.29 is 42.1 Å². The Bertz CT molecular complexity index is 1160. The van der Waals surface area contributed by atoms with Crippen molar-refractivity contribution in [1.29, 1.82) is 0 Å². The molecule has 0 radical (unpaired) electrons. The van der Waals surface area contributed by atoms with Crippen LogP contribution in [-0.4, -0.2) is 20.4 Å². The summed E-state index contributed by atoms with van der Waals surface area (Å²) < 4.78 is 0. The Balaban J connectivity index is 0.000000516. The molecule has 4 aromatic rings. The topological polar surface area (TPSA) is 80.9 Å². The van der Waals surface area contributed by atoms with Gasteiger partial charge in [0, 0.05) is 41.8 Å². The van der Waals surface area contributed by atoms with E-state index >= 15 is 0 Å². The molecule has 0 fully saturated rings. The van der Waals surface area contributed by atoms with Gasteiger partial charge in [0.2, 0.25) is 0 Å². The predicted molar refractivity (Wildman–Crippen MR) is 170 cm³/mol. The number of aryl methyl sites for hydroxylation is 8. The molecule has 4 rings (SSSR count). The molecule has 0 aliphatic rings. The molecule has 0 spiro atoms. The molecular formula is C32H36Cl4O4Ti. The van der Waals surface area contributed by atoms with E-state index < -0.39 is 0 Å². The Kier molecular flexibility index (Phi) is 16.9. The smallest absolute Gasteiger partial charge is 0.116 e. The molecule has 9 heteroatoms. The third-order valence-electron chi connectivity index (χ3n) is 5.68. The van der Waals surface area contributed by atoms with Crippen molar-refractivity contribution in [1.82, 2.24) is 0 Å². The first-order valence-corrected chi connectivity index (χ1v) is 13.8. The molecular weight excluding hydrogens is 638 g/mol. The van der Waals surface area contributed by atoms with Gasteiger partial charge in [-0.25, -0.2) is 0 Å². The van der Waals surface area contributed by atoms with Crippen LogP contribution in [0.2, 0.25) is 20.1 Å². The molecule has 41 heavy (non-hydrogen) atoms. The quantitative estimate of drug-likeness (QED) is 0.140. The van der Waals surface area contributed by atoms with Gasteiger partial charge in [0.1, 0.15) is 23.0 Å². The number of rotatable bonds is 0. The zero-order chi connectivity index (χ0) is 30.9. The third-order valence-corrected chi connectivity index (χ3v) is 8.07. The fourth-order valence-corrected chi connectivity index (χ4v) is 4.13. The minimum absolute atomic E-state index is 0. The number of hydrogen-bond acceptors (Lipinski definition) is 4. The van der Waals surface area contributed by atoms with E-state index in [1.807, 2.05) is 55.4 Å². The number of phenolic OH excluding ortho intramolecular Hbond substituents is 4. The molecule has 4 nitrogen and oxygen atoms in total. The van der Waals surface area contributed by atoms with Crippen LogP contribution in [0.1, 0.15) is 44.5 Å². The zero-order valence-corrected chi connectivity index (χ0v) is 29.0. The van der Waals surface area contributed by atoms with Gasteiger partial charge < -0.3 is 20.4 Å². The normalized spacial score (nSPS) is 9.66. The first-order chi connectivity index (χ1) is 18.4. The molecule has 0 aliphatic carbocycles. The fourth-order valence-electron chi connectivity index (χ4n) is 3.69. The Hall–Kier alpha value is -2.05. The standard InChI is InChI=1S/4C8H9ClO.Ti/c4*1-5-3-7(10)4-6(2)8(5)9;/h4*3-4,10H,1-2H3;. The Morgan fingerprint density at radius 3 is 0.512 bits per heavy atom. The van der Waals surface area contributed by atoms with Gasteiger partial charge in [0.25, 0.3) is 0 Å². The molecule has 0 aromatic heterocycles. The van der Waals surface area contributed by atoms with Crippen LogP contribution in [0.15, 0.2) is 48.5 Å². The Morgan fingerprint density at radius 2 is 0.415 bits per heavy atom. The number of halogens is 4. The van der Waals surface area contributed by atoms with Gasteiger partial charge in [-0.15, -0.1) is 0 Å². The summed E-state index contributed by atoms with van der Waals surface area (Å²) in [5.41, 5.74) is 7.33. The maximum absolute atomic E-state index is 9.06. The monoisotopic (exact) mass is 672 g/mol. The molecule has 0 amide bonds. The van der Waals surface area contributed by atoms with Crippen molar-refractivity contribution in [3.05, 3.63) is 113 Å². The molecule has 4 aromatic carbocycles. The third kappa shape index (κ3) is 12.8. The average molecular weight is 674 g/mol. The molecule has 0 atom stereocenters. The molecule has 220 valence electrons. The van der Waals surface area contributed by atoms with Crippen LogP contribution in [-0.2, 0) is 21.7 Å². The molecule has 0 bridgehead atoms. The van der Waals surface area contributed by atoms with E-state index in [4.69, 9.17) is 66.8 Å². The maximum Gasteiger partial charge on any atom is 0.116 e. The number of hydrogen-bond donors (Lipinski definition) is 4. The molecule has 0 saturated carbocycles. The SMILES string of the molecule is Cc1cc(O)cc(C)c1Cl.Cc1cc(O)cc(C)c1Cl.Cc1cc(O)cc(C)c1Cl.Cc1cc(O)cc(C)c1Cl.[Ti]. The summed E-state index contributed by atoms with van der Waals surface area (Å²) in [5, 5.41) is 39.2. The summed E-state index contributed by atoms with van der Waals surface area (Å²) >= 11 is 23.4. The second-order valence-electron chi connectivity index (χ2n) is 9.57. The van der Waals surface area contributed by atoms with Crippen molar-refractivity contribution in [2.75, 3.05) is 0 Å². The van der Waals surface area contributed by atoms with E-state index in [-0.39, 0.29) is 44.7 Å². The minimum Gasteiger partial charge on any atom is -0.508 e. The second kappa shape index (κ2) is 17.8. The van der Waals surface area contributed by atoms with E-state index in [2.05, 4.69) is 0 Å². The van der Waals surface area contributed by atoms with Gasteiger partial charge in [-0.3, -0.25) is 0 Å². The van der Waals surface area contributed by atoms with E-state index in [0.717, 1.165) is 64.6 Å². The zero-order valence-electron chi connectivity index (χ0n) is 24.4. The molecule has 0 saturated heterocycles. The molecule has 4 N–H and O–H groups in total. The second-order valence-corrected chi connectivity index (χ2v) is 11.1. The van der Waals surface area contributed by atoms with Gasteiger partial charge in [-0.2, -0.15) is 0 Å². The summed E-state index contributed by atoms with van der Waals surface area (Å²) in [4.78, 5) is 0. The number of aromatic hydroxyl groups is 4. The number of benzene rings is 4. The summed E-state index contributed by atoms with van der Waals surface area (Å²) in [7, 11) is 0. The summed E-state index contributed by atoms with van der Waals surface area (Å²) in [6.45, 7) is 15.0. The van der Waals surface area contributed by atoms with Crippen LogP contribution in [0.3, 0.4) is 0 Å². The molecule has 0 aliphatic heterocycles. The largest absolute Gasteiger partial charge is 0.508 e. The summed E-state index contributed by atoms with van der Waals surface area (Å²) in [6, 6.07) is 13.2. The molecule has 0 heterocycles. The van der Waals surface area contributed by atoms with Crippen LogP contribution >= 0.6 is 46.4 Å². The Morgan fingerprint density at radius 1 is 0.317 bits per heavy atom. The van der Waals surface area contributed by atoms with Crippen LogP contribution in [0, 0.1) is 55.4 Å². The van der Waals surface area contributed by atoms with Crippen LogP contribution in [0.25, 0.3) is 0 Å². The van der Waals surface area contributed by atoms with Gasteiger partial charge in [-0.05, 0) is 148 Å². The van der Waals surface area contributed by atoms with Crippen molar-refractivity contribution in [3.8, 4) is 23.0 Å². The molecule has 0 unspecified atom stereocenters. The van der Waals surface area contributed by atoms with E-state index in [1.54, 1.807) is 48.5 Å². The van der Waals surface area contributed by atoms with Crippen LogP contribution < -0.4 is 0 Å². The first-order valence-electron chi connectivity index (χ1n) is 12.3. The van der Waals surface area contributed by atoms with E-state index in [0.29, 0.717) is 0 Å². The van der Waals surface area contributed by atoms with Gasteiger partial charge in [-0.1, -0.05) is 46.4 Å². The number of phenols is 4. The average Bonchev–Trinajstić information content (AvgIpc) is 2.84. The Labute approximate surface area is 278 Å². The van der Waals surface area contributed by atoms with Gasteiger partial charge in [0.05, 0.1) is 0 Å².